The Morgan fingerprint density at radius 1 is 0.792 bits per heavy atom. The van der Waals surface area contributed by atoms with Gasteiger partial charge < -0.3 is 11.5 Å². The summed E-state index contributed by atoms with van der Waals surface area (Å²) in [5.41, 5.74) is 16.8. The van der Waals surface area contributed by atoms with Crippen molar-refractivity contribution >= 4 is 45.3 Å². The minimum absolute atomic E-state index is 0.331. The topological polar surface area (TPSA) is 88.2 Å². The van der Waals surface area contributed by atoms with Gasteiger partial charge in [-0.3, -0.25) is 5.41 Å². The van der Waals surface area contributed by atoms with Crippen molar-refractivity contribution in [2.75, 3.05) is 11.5 Å². The fourth-order valence-electron chi connectivity index (χ4n) is 3.06. The smallest absolute Gasteiger partial charge is 0.0895 e. The average Bonchev–Trinajstić information content (AvgIpc) is 2.58. The number of nitrogens with zero attached hydrogens (tertiary/aromatic N) is 1. The van der Waals surface area contributed by atoms with Crippen LogP contribution >= 0.6 is 0 Å². The molecule has 116 valence electrons. The molecular weight excluding hydrogens is 296 g/mol. The van der Waals surface area contributed by atoms with Gasteiger partial charge in [-0.15, -0.1) is 0 Å². The third kappa shape index (κ3) is 2.16. The molecule has 24 heavy (non-hydrogen) atoms. The molecule has 1 aliphatic rings. The predicted molar refractivity (Wildman–Crippen MR) is 102 cm³/mol. The molecule has 4 rings (SSSR count). The van der Waals surface area contributed by atoms with Crippen LogP contribution in [-0.2, 0) is 0 Å². The predicted octanol–water partition coefficient (Wildman–Crippen LogP) is 4.17. The van der Waals surface area contributed by atoms with Crippen LogP contribution in [0.5, 0.6) is 0 Å². The van der Waals surface area contributed by atoms with E-state index >= 15 is 0 Å². The number of nitrogens with one attached hydrogen (secondary N) is 1. The van der Waals surface area contributed by atoms with Crippen molar-refractivity contribution in [1.29, 1.82) is 5.41 Å². The van der Waals surface area contributed by atoms with E-state index in [1.54, 1.807) is 6.07 Å². The van der Waals surface area contributed by atoms with Gasteiger partial charge >= 0.3 is 0 Å². The monoisotopic (exact) mass is 312 g/mol. The molecule has 0 heterocycles. The van der Waals surface area contributed by atoms with Crippen molar-refractivity contribution in [2.45, 2.75) is 0 Å². The van der Waals surface area contributed by atoms with Gasteiger partial charge in [0.15, 0.2) is 0 Å². The van der Waals surface area contributed by atoms with Gasteiger partial charge in [0.2, 0.25) is 0 Å². The summed E-state index contributed by atoms with van der Waals surface area (Å²) in [6.07, 6.45) is 3.79. The lowest BCUT2D eigenvalue weighted by Gasteiger charge is -2.16. The van der Waals surface area contributed by atoms with E-state index in [0.29, 0.717) is 22.8 Å². The van der Waals surface area contributed by atoms with Crippen molar-refractivity contribution in [3.63, 3.8) is 0 Å². The Labute approximate surface area is 139 Å². The first-order valence-electron chi connectivity index (χ1n) is 7.67. The summed E-state index contributed by atoms with van der Waals surface area (Å²) >= 11 is 0. The molecule has 0 aromatic heterocycles. The SMILES string of the molecule is N=C1C(=Nc2cccc3cccc(N)c23)C=Cc2cccc(N)c21. The van der Waals surface area contributed by atoms with E-state index in [1.807, 2.05) is 60.7 Å². The van der Waals surface area contributed by atoms with Crippen molar-refractivity contribution in [3.8, 4) is 0 Å². The van der Waals surface area contributed by atoms with Gasteiger partial charge in [-0.05, 0) is 35.2 Å². The van der Waals surface area contributed by atoms with Crippen molar-refractivity contribution < 1.29 is 0 Å². The molecule has 0 saturated carbocycles. The molecule has 5 N–H and O–H groups in total. The van der Waals surface area contributed by atoms with E-state index in [-0.39, 0.29) is 0 Å². The highest BCUT2D eigenvalue weighted by Gasteiger charge is 2.18. The molecular formula is C20H16N4. The number of hydrogen-bond acceptors (Lipinski definition) is 4. The fourth-order valence-corrected chi connectivity index (χ4v) is 3.06. The number of rotatable bonds is 1. The van der Waals surface area contributed by atoms with Gasteiger partial charge in [0.05, 0.1) is 17.1 Å². The number of hydrogen-bond donors (Lipinski definition) is 3. The molecule has 4 heteroatoms. The highest BCUT2D eigenvalue weighted by atomic mass is 14.8. The molecule has 0 aliphatic heterocycles. The maximum atomic E-state index is 8.49. The van der Waals surface area contributed by atoms with Gasteiger partial charge in [-0.1, -0.05) is 42.5 Å². The van der Waals surface area contributed by atoms with E-state index < -0.39 is 0 Å². The van der Waals surface area contributed by atoms with Crippen LogP contribution in [0, 0.1) is 5.41 Å². The van der Waals surface area contributed by atoms with E-state index in [2.05, 4.69) is 0 Å². The summed E-state index contributed by atoms with van der Waals surface area (Å²) in [6, 6.07) is 17.3. The lowest BCUT2D eigenvalue weighted by molar-refractivity contribution is 1.47. The molecule has 0 unspecified atom stereocenters. The second-order valence-corrected chi connectivity index (χ2v) is 5.74. The van der Waals surface area contributed by atoms with Crippen LogP contribution in [0.1, 0.15) is 11.1 Å². The zero-order valence-electron chi connectivity index (χ0n) is 13.0. The van der Waals surface area contributed by atoms with Crippen LogP contribution < -0.4 is 11.5 Å². The first kappa shape index (κ1) is 14.2. The molecule has 0 spiro atoms. The maximum absolute atomic E-state index is 8.49. The van der Waals surface area contributed by atoms with Crippen LogP contribution in [0.2, 0.25) is 0 Å². The molecule has 3 aromatic rings. The molecule has 1 aliphatic carbocycles. The summed E-state index contributed by atoms with van der Waals surface area (Å²) in [5, 5.41) is 10.4. The first-order valence-corrected chi connectivity index (χ1v) is 7.67. The summed E-state index contributed by atoms with van der Waals surface area (Å²) in [6.45, 7) is 0. The number of fused-ring (bicyclic) bond motifs is 2. The zero-order valence-corrected chi connectivity index (χ0v) is 13.0. The largest absolute Gasteiger partial charge is 0.398 e. The Kier molecular flexibility index (Phi) is 3.17. The van der Waals surface area contributed by atoms with Gasteiger partial charge in [-0.25, -0.2) is 4.99 Å². The summed E-state index contributed by atoms with van der Waals surface area (Å²) in [7, 11) is 0. The lowest BCUT2D eigenvalue weighted by atomic mass is 9.92. The Morgan fingerprint density at radius 3 is 2.33 bits per heavy atom. The Bertz CT molecular complexity index is 1040. The molecule has 0 atom stereocenters. The minimum atomic E-state index is 0.331. The highest BCUT2D eigenvalue weighted by Crippen LogP contribution is 2.32. The van der Waals surface area contributed by atoms with Crippen molar-refractivity contribution in [3.05, 3.63) is 71.8 Å². The minimum Gasteiger partial charge on any atom is -0.398 e. The number of benzene rings is 3. The van der Waals surface area contributed by atoms with Gasteiger partial charge in [0.1, 0.15) is 0 Å². The van der Waals surface area contributed by atoms with Gasteiger partial charge in [0.25, 0.3) is 0 Å². The first-order chi connectivity index (χ1) is 11.6. The third-order valence-corrected chi connectivity index (χ3v) is 4.21. The molecule has 0 radical (unpaired) electrons. The van der Waals surface area contributed by atoms with E-state index in [9.17, 15) is 0 Å². The average molecular weight is 312 g/mol. The Balaban J connectivity index is 1.90. The third-order valence-electron chi connectivity index (χ3n) is 4.21. The summed E-state index contributed by atoms with van der Waals surface area (Å²) < 4.78 is 0. The fraction of sp³-hybridized carbons (Fsp3) is 0. The summed E-state index contributed by atoms with van der Waals surface area (Å²) in [4.78, 5) is 4.70. The van der Waals surface area contributed by atoms with Crippen LogP contribution in [0.15, 0.2) is 65.7 Å². The number of allylic oxidation sites excluding steroid dienone is 1. The zero-order chi connectivity index (χ0) is 16.7. The van der Waals surface area contributed by atoms with Crippen molar-refractivity contribution in [2.24, 2.45) is 4.99 Å². The van der Waals surface area contributed by atoms with E-state index in [4.69, 9.17) is 21.9 Å². The van der Waals surface area contributed by atoms with E-state index in [1.165, 1.54) is 0 Å². The molecule has 3 aromatic carbocycles. The number of nitrogen functional groups attached to an aromatic ring is 2. The Hall–Kier alpha value is -3.40. The van der Waals surface area contributed by atoms with Crippen molar-refractivity contribution in [1.82, 2.24) is 0 Å². The van der Waals surface area contributed by atoms with Crippen LogP contribution in [-0.4, -0.2) is 11.4 Å². The van der Waals surface area contributed by atoms with Gasteiger partial charge in [-0.2, -0.15) is 0 Å². The second kappa shape index (κ2) is 5.35. The van der Waals surface area contributed by atoms with Gasteiger partial charge in [0, 0.05) is 22.3 Å². The number of anilines is 2. The normalized spacial score (nSPS) is 15.0. The van der Waals surface area contributed by atoms with Crippen LogP contribution in [0.25, 0.3) is 16.8 Å². The molecule has 0 amide bonds. The molecule has 0 saturated heterocycles. The lowest BCUT2D eigenvalue weighted by Crippen LogP contribution is -2.18. The Morgan fingerprint density at radius 2 is 1.50 bits per heavy atom. The summed E-state index contributed by atoms with van der Waals surface area (Å²) in [5.74, 6) is 0. The molecule has 0 bridgehead atoms. The highest BCUT2D eigenvalue weighted by molar-refractivity contribution is 6.54. The van der Waals surface area contributed by atoms with Crippen LogP contribution in [0.4, 0.5) is 17.1 Å². The molecule has 4 nitrogen and oxygen atoms in total. The quantitative estimate of drug-likeness (QED) is 0.589. The number of aliphatic imine (C=N–C) groups is 1. The second-order valence-electron chi connectivity index (χ2n) is 5.74. The maximum Gasteiger partial charge on any atom is 0.0895 e. The molecule has 0 fully saturated rings. The van der Waals surface area contributed by atoms with Crippen LogP contribution in [0.3, 0.4) is 0 Å². The standard InChI is InChI=1S/C20H16N4/c21-14-7-1-4-12-6-3-9-16(18(12)14)24-17-11-10-13-5-2-8-15(22)19(13)20(17)23/h1-11,23H,21-22H2. The number of nitrogens with two attached hydrogens (primary N) is 2. The van der Waals surface area contributed by atoms with E-state index in [0.717, 1.165) is 27.6 Å².